The Kier molecular flexibility index (Phi) is 13.2. The summed E-state index contributed by atoms with van der Waals surface area (Å²) in [6.07, 6.45) is 6.49. The van der Waals surface area contributed by atoms with E-state index in [1.807, 2.05) is 43.7 Å². The van der Waals surface area contributed by atoms with Crippen LogP contribution >= 0.6 is 0 Å². The van der Waals surface area contributed by atoms with Crippen LogP contribution in [0.4, 0.5) is 0 Å². The van der Waals surface area contributed by atoms with E-state index >= 15 is 0 Å². The monoisotopic (exact) mass is 777 g/mol. The molecule has 2 saturated heterocycles. The number of imidazole rings is 1. The molecule has 1 aromatic heterocycles. The number of carbonyl (C=O) groups excluding carboxylic acids is 2. The van der Waals surface area contributed by atoms with Crippen LogP contribution in [0.5, 0.6) is 0 Å². The van der Waals surface area contributed by atoms with Crippen LogP contribution in [0.15, 0.2) is 69.7 Å². The summed E-state index contributed by atoms with van der Waals surface area (Å²) in [4.78, 5) is 67.7. The van der Waals surface area contributed by atoms with Crippen molar-refractivity contribution in [3.8, 4) is 22.4 Å². The summed E-state index contributed by atoms with van der Waals surface area (Å²) in [6, 6.07) is 15.5. The van der Waals surface area contributed by atoms with Gasteiger partial charge in [-0.1, -0.05) is 81.7 Å². The van der Waals surface area contributed by atoms with Gasteiger partial charge < -0.3 is 29.9 Å². The highest BCUT2D eigenvalue weighted by Crippen LogP contribution is 2.34. The van der Waals surface area contributed by atoms with Gasteiger partial charge in [-0.25, -0.2) is 15.0 Å². The van der Waals surface area contributed by atoms with Crippen LogP contribution < -0.4 is 10.7 Å². The second-order valence-electron chi connectivity index (χ2n) is 15.6. The van der Waals surface area contributed by atoms with E-state index in [9.17, 15) is 9.59 Å². The highest BCUT2D eigenvalue weighted by Gasteiger charge is 2.39. The molecule has 6 rings (SSSR count). The lowest BCUT2D eigenvalue weighted by atomic mass is 9.99. The molecule has 2 aromatic carbocycles. The summed E-state index contributed by atoms with van der Waals surface area (Å²) in [5.74, 6) is 1.84. The number of benzene rings is 2. The number of aromatic nitrogens is 2. The molecule has 2 amide bonds. The fourth-order valence-electron chi connectivity index (χ4n) is 7.79. The van der Waals surface area contributed by atoms with Gasteiger partial charge in [-0.2, -0.15) is 16.4 Å². The zero-order valence-electron chi connectivity index (χ0n) is 34.0. The van der Waals surface area contributed by atoms with Crippen LogP contribution in [0.1, 0.15) is 76.8 Å². The van der Waals surface area contributed by atoms with Crippen molar-refractivity contribution >= 4 is 30.0 Å². The predicted octanol–water partition coefficient (Wildman–Crippen LogP) is 5.44. The number of rotatable bonds is 13. The van der Waals surface area contributed by atoms with Gasteiger partial charge >= 0.3 is 0 Å². The molecule has 15 nitrogen and oxygen atoms in total. The third kappa shape index (κ3) is 9.28. The molecular weight excluding hydrogens is 723 g/mol. The lowest BCUT2D eigenvalue weighted by Gasteiger charge is -2.29. The van der Waals surface area contributed by atoms with E-state index in [1.54, 1.807) is 19.0 Å². The topological polar surface area (TPSA) is 156 Å². The van der Waals surface area contributed by atoms with E-state index in [-0.39, 0.29) is 41.8 Å². The Morgan fingerprint density at radius 3 is 2.14 bits per heavy atom. The van der Waals surface area contributed by atoms with Crippen molar-refractivity contribution in [2.75, 3.05) is 40.8 Å². The number of aromatic amines is 1. The minimum atomic E-state index is -0.625. The van der Waals surface area contributed by atoms with Gasteiger partial charge in [0.25, 0.3) is 5.96 Å². The number of hydrogen-bond donors (Lipinski definition) is 3. The molecule has 3 aliphatic rings. The van der Waals surface area contributed by atoms with Gasteiger partial charge in [0.1, 0.15) is 23.7 Å². The lowest BCUT2D eigenvalue weighted by molar-refractivity contribution is -0.188. The van der Waals surface area contributed by atoms with E-state index in [0.29, 0.717) is 25.6 Å². The van der Waals surface area contributed by atoms with Crippen LogP contribution in [-0.2, 0) is 19.4 Å². The fourth-order valence-corrected chi connectivity index (χ4v) is 7.79. The number of amidine groups is 1. The van der Waals surface area contributed by atoms with E-state index < -0.39 is 12.1 Å². The van der Waals surface area contributed by atoms with Crippen molar-refractivity contribution in [1.82, 2.24) is 35.4 Å². The first kappa shape index (κ1) is 40.9. The minimum absolute atomic E-state index is 0.00403. The first-order chi connectivity index (χ1) is 27.5. The van der Waals surface area contributed by atoms with Gasteiger partial charge in [-0.15, -0.1) is 0 Å². The van der Waals surface area contributed by atoms with Gasteiger partial charge in [0.05, 0.1) is 43.7 Å². The summed E-state index contributed by atoms with van der Waals surface area (Å²) >= 11 is 0. The van der Waals surface area contributed by atoms with Crippen molar-refractivity contribution in [2.45, 2.75) is 83.6 Å². The molecule has 5 atom stereocenters. The average molecular weight is 778 g/mol. The quantitative estimate of drug-likeness (QED) is 0.0682. The number of carbonyl (C=O) groups is 2. The molecule has 3 aliphatic heterocycles. The van der Waals surface area contributed by atoms with Crippen molar-refractivity contribution in [2.24, 2.45) is 26.8 Å². The number of guanidine groups is 1. The SMILES string of the molecule is [C-]#[N+]NC(=N[C@H](C(=O)N1CCC[C@H]1c1ncc(-c2ccc(-c3ccc(C4CN=C([C@@H]5CCCN5C(=O)[C@@H](N=COOC)C(C)C)N4)cc3)cc2)[nH]1)C(C)C)N(C)C. The van der Waals surface area contributed by atoms with Crippen LogP contribution in [-0.4, -0.2) is 114 Å². The average Bonchev–Trinajstić information content (AvgIpc) is 4.04. The number of amides is 2. The summed E-state index contributed by atoms with van der Waals surface area (Å²) in [7, 11) is 4.99. The number of aliphatic imine (C=N–C) groups is 3. The predicted molar refractivity (Wildman–Crippen MR) is 221 cm³/mol. The molecule has 1 unspecified atom stereocenters. The van der Waals surface area contributed by atoms with Crippen LogP contribution in [0.3, 0.4) is 0 Å². The molecule has 3 aromatic rings. The normalized spacial score (nSPS) is 20.8. The number of H-pyrrole nitrogens is 1. The third-order valence-electron chi connectivity index (χ3n) is 10.9. The van der Waals surface area contributed by atoms with Gasteiger partial charge in [0, 0.05) is 27.2 Å². The first-order valence-corrected chi connectivity index (χ1v) is 19.8. The standard InChI is InChI=1S/C42H55N11O4/c1-26(2)36(46-25-57-56-8)40(54)52-21-9-11-34(52)38-44-23-32(47-38)30-17-13-28(14-18-30)29-15-19-31(20-16-29)33-24-45-39(48-33)35-12-10-22-53(35)41(55)37(27(3)4)49-42(50-43-5)51(6)7/h13-20,24-27,32,34-37H,9-12,21-23H2,1-4,6-8H3,(H,44,47)(H,45,48)(H,49,50)/t32?,34-,35-,36-,37-/m0/s1. The summed E-state index contributed by atoms with van der Waals surface area (Å²) < 4.78 is 0. The van der Waals surface area contributed by atoms with E-state index in [1.165, 1.54) is 13.5 Å². The van der Waals surface area contributed by atoms with Crippen LogP contribution in [0.25, 0.3) is 27.3 Å². The highest BCUT2D eigenvalue weighted by atomic mass is 17.2. The third-order valence-corrected chi connectivity index (χ3v) is 10.9. The Bertz CT molecular complexity index is 1980. The maximum absolute atomic E-state index is 13.9. The molecule has 0 bridgehead atoms. The molecule has 0 aliphatic carbocycles. The summed E-state index contributed by atoms with van der Waals surface area (Å²) in [5.41, 5.74) is 7.81. The zero-order valence-corrected chi connectivity index (χ0v) is 34.0. The van der Waals surface area contributed by atoms with Crippen LogP contribution in [0.2, 0.25) is 0 Å². The molecule has 0 spiro atoms. The van der Waals surface area contributed by atoms with Gasteiger partial charge in [-0.05, 0) is 59.8 Å². The minimum Gasteiger partial charge on any atom is -0.363 e. The van der Waals surface area contributed by atoms with Crippen molar-refractivity contribution < 1.29 is 19.4 Å². The Labute approximate surface area is 335 Å². The Hall–Kier alpha value is -5.75. The molecule has 0 saturated carbocycles. The molecule has 302 valence electrons. The summed E-state index contributed by atoms with van der Waals surface area (Å²) in [5, 5.41) is 3.62. The van der Waals surface area contributed by atoms with E-state index in [2.05, 4.69) is 84.1 Å². The van der Waals surface area contributed by atoms with Gasteiger partial charge in [0.2, 0.25) is 18.2 Å². The lowest BCUT2D eigenvalue weighted by Crippen LogP contribution is -2.49. The first-order valence-electron chi connectivity index (χ1n) is 19.8. The zero-order chi connectivity index (χ0) is 40.6. The van der Waals surface area contributed by atoms with Crippen molar-refractivity contribution in [3.05, 3.63) is 77.6 Å². The largest absolute Gasteiger partial charge is 0.363 e. The molecular formula is C42H55N11O4. The number of likely N-dealkylation sites (tertiary alicyclic amines) is 2. The van der Waals surface area contributed by atoms with Crippen molar-refractivity contribution in [3.63, 3.8) is 0 Å². The molecule has 4 heterocycles. The molecule has 57 heavy (non-hydrogen) atoms. The smallest absolute Gasteiger partial charge is 0.265 e. The molecule has 15 heteroatoms. The Balaban J connectivity index is 1.08. The van der Waals surface area contributed by atoms with E-state index in [4.69, 9.17) is 21.4 Å². The fraction of sp³-hybridized carbons (Fsp3) is 0.500. The molecule has 2 fully saturated rings. The van der Waals surface area contributed by atoms with Gasteiger partial charge in [-0.3, -0.25) is 14.6 Å². The number of hydrogen-bond acceptors (Lipinski definition) is 9. The maximum Gasteiger partial charge on any atom is 0.265 e. The summed E-state index contributed by atoms with van der Waals surface area (Å²) in [6.45, 7) is 17.0. The Morgan fingerprint density at radius 1 is 0.930 bits per heavy atom. The van der Waals surface area contributed by atoms with Crippen molar-refractivity contribution in [1.29, 1.82) is 0 Å². The highest BCUT2D eigenvalue weighted by molar-refractivity contribution is 5.95. The van der Waals surface area contributed by atoms with Crippen LogP contribution in [0, 0.1) is 18.4 Å². The maximum atomic E-state index is 13.9. The Morgan fingerprint density at radius 2 is 1.53 bits per heavy atom. The van der Waals surface area contributed by atoms with Gasteiger partial charge in [0.15, 0.2) is 0 Å². The number of nitrogens with one attached hydrogen (secondary N) is 3. The number of nitrogens with zero attached hydrogens (tertiary/aromatic N) is 8. The van der Waals surface area contributed by atoms with E-state index in [0.717, 1.165) is 65.3 Å². The molecule has 0 radical (unpaired) electrons. The second kappa shape index (κ2) is 18.5. The molecule has 3 N–H and O–H groups in total. The second-order valence-corrected chi connectivity index (χ2v) is 15.6.